The van der Waals surface area contributed by atoms with Crippen molar-refractivity contribution in [3.8, 4) is 0 Å². The van der Waals surface area contributed by atoms with E-state index in [1.165, 1.54) is 17.7 Å². The molecule has 2 aromatic rings. The maximum Gasteiger partial charge on any atom is 0.242 e. The minimum atomic E-state index is -0.272. The number of carbonyl (C=O) groups is 1. The Bertz CT molecular complexity index is 682. The van der Waals surface area contributed by atoms with Crippen molar-refractivity contribution < 1.29 is 9.18 Å². The summed E-state index contributed by atoms with van der Waals surface area (Å²) in [5, 5.41) is 3.19. The van der Waals surface area contributed by atoms with Crippen molar-refractivity contribution in [2.45, 2.75) is 26.8 Å². The van der Waals surface area contributed by atoms with E-state index in [2.05, 4.69) is 11.4 Å². The highest BCUT2D eigenvalue weighted by molar-refractivity contribution is 5.81. The summed E-state index contributed by atoms with van der Waals surface area (Å²) >= 11 is 0. The van der Waals surface area contributed by atoms with Crippen molar-refractivity contribution in [3.63, 3.8) is 0 Å². The molecule has 2 rings (SSSR count). The van der Waals surface area contributed by atoms with Gasteiger partial charge in [-0.25, -0.2) is 4.39 Å². The normalized spacial score (nSPS) is 11.9. The maximum absolute atomic E-state index is 13.0. The number of likely N-dealkylation sites (N-methyl/N-ethyl adjacent to an activating group) is 1. The van der Waals surface area contributed by atoms with Gasteiger partial charge in [-0.1, -0.05) is 29.8 Å². The van der Waals surface area contributed by atoms with Gasteiger partial charge < -0.3 is 10.2 Å². The fourth-order valence-electron chi connectivity index (χ4n) is 2.49. The molecule has 0 heterocycles. The Labute approximate surface area is 137 Å². The van der Waals surface area contributed by atoms with Crippen LogP contribution in [0, 0.1) is 19.7 Å². The van der Waals surface area contributed by atoms with Crippen molar-refractivity contribution >= 4 is 11.6 Å². The number of hydrogen-bond acceptors (Lipinski definition) is 2. The van der Waals surface area contributed by atoms with Crippen LogP contribution in [-0.2, 0) is 4.79 Å². The molecule has 0 aliphatic rings. The third kappa shape index (κ3) is 4.31. The molecule has 1 atom stereocenters. The molecule has 0 saturated carbocycles. The van der Waals surface area contributed by atoms with Crippen LogP contribution in [-0.4, -0.2) is 24.4 Å². The van der Waals surface area contributed by atoms with Gasteiger partial charge in [0.2, 0.25) is 5.91 Å². The van der Waals surface area contributed by atoms with Gasteiger partial charge in [-0.05, 0) is 50.1 Å². The van der Waals surface area contributed by atoms with E-state index in [0.717, 1.165) is 16.8 Å². The molecule has 0 saturated heterocycles. The van der Waals surface area contributed by atoms with Crippen molar-refractivity contribution in [1.82, 2.24) is 4.90 Å². The highest BCUT2D eigenvalue weighted by Gasteiger charge is 2.17. The highest BCUT2D eigenvalue weighted by atomic mass is 19.1. The molecular weight excluding hydrogens is 291 g/mol. The molecule has 0 bridgehead atoms. The molecule has 1 unspecified atom stereocenters. The smallest absolute Gasteiger partial charge is 0.242 e. The Morgan fingerprint density at radius 2 is 1.83 bits per heavy atom. The van der Waals surface area contributed by atoms with Crippen molar-refractivity contribution in [2.75, 3.05) is 18.9 Å². The van der Waals surface area contributed by atoms with Crippen LogP contribution in [0.1, 0.15) is 29.7 Å². The summed E-state index contributed by atoms with van der Waals surface area (Å²) in [7, 11) is 1.76. The van der Waals surface area contributed by atoms with Gasteiger partial charge in [0.25, 0.3) is 0 Å². The summed E-state index contributed by atoms with van der Waals surface area (Å²) in [5.41, 5.74) is 4.19. The lowest BCUT2D eigenvalue weighted by Gasteiger charge is -2.26. The minimum absolute atomic E-state index is 0.0122. The lowest BCUT2D eigenvalue weighted by Crippen LogP contribution is -2.34. The summed E-state index contributed by atoms with van der Waals surface area (Å²) in [6.45, 7) is 6.22. The van der Waals surface area contributed by atoms with Crippen molar-refractivity contribution in [1.29, 1.82) is 0 Å². The second-order valence-electron chi connectivity index (χ2n) is 5.90. The van der Waals surface area contributed by atoms with Crippen LogP contribution in [0.2, 0.25) is 0 Å². The Kier molecular flexibility index (Phi) is 5.37. The fourth-order valence-corrected chi connectivity index (χ4v) is 2.49. The minimum Gasteiger partial charge on any atom is -0.376 e. The van der Waals surface area contributed by atoms with E-state index in [9.17, 15) is 9.18 Å². The first-order valence-corrected chi connectivity index (χ1v) is 7.70. The summed E-state index contributed by atoms with van der Waals surface area (Å²) < 4.78 is 13.0. The van der Waals surface area contributed by atoms with E-state index in [4.69, 9.17) is 0 Å². The van der Waals surface area contributed by atoms with E-state index in [1.807, 2.05) is 32.9 Å². The first kappa shape index (κ1) is 17.0. The maximum atomic E-state index is 13.0. The molecule has 4 heteroatoms. The van der Waals surface area contributed by atoms with E-state index >= 15 is 0 Å². The summed E-state index contributed by atoms with van der Waals surface area (Å²) in [5.74, 6) is -0.284. The Balaban J connectivity index is 1.98. The van der Waals surface area contributed by atoms with Crippen LogP contribution in [0.25, 0.3) is 0 Å². The summed E-state index contributed by atoms with van der Waals surface area (Å²) in [4.78, 5) is 14.0. The number of benzene rings is 2. The molecule has 0 aromatic heterocycles. The van der Waals surface area contributed by atoms with E-state index in [-0.39, 0.29) is 24.3 Å². The van der Waals surface area contributed by atoms with Gasteiger partial charge in [0.05, 0.1) is 12.6 Å². The number of rotatable bonds is 5. The first-order valence-electron chi connectivity index (χ1n) is 7.70. The third-order valence-corrected chi connectivity index (χ3v) is 4.14. The van der Waals surface area contributed by atoms with E-state index < -0.39 is 0 Å². The Hall–Kier alpha value is -2.36. The summed E-state index contributed by atoms with van der Waals surface area (Å²) in [6, 6.07) is 12.2. The molecule has 0 spiro atoms. The lowest BCUT2D eigenvalue weighted by molar-refractivity contribution is -0.129. The molecule has 2 aromatic carbocycles. The van der Waals surface area contributed by atoms with Crippen molar-refractivity contribution in [3.05, 3.63) is 65.0 Å². The van der Waals surface area contributed by atoms with Gasteiger partial charge in [0.15, 0.2) is 0 Å². The predicted molar refractivity (Wildman–Crippen MR) is 92.0 cm³/mol. The SMILES string of the molecule is Cc1ccc(NCC(=O)N(C)C(C)c2ccc(F)cc2)c(C)c1. The second-order valence-corrected chi connectivity index (χ2v) is 5.90. The molecule has 0 aliphatic carbocycles. The molecule has 0 aliphatic heterocycles. The zero-order chi connectivity index (χ0) is 17.0. The molecule has 23 heavy (non-hydrogen) atoms. The van der Waals surface area contributed by atoms with Crippen LogP contribution < -0.4 is 5.32 Å². The van der Waals surface area contributed by atoms with Gasteiger partial charge in [0, 0.05) is 12.7 Å². The quantitative estimate of drug-likeness (QED) is 0.902. The van der Waals surface area contributed by atoms with Crippen molar-refractivity contribution in [2.24, 2.45) is 0 Å². The molecule has 0 radical (unpaired) electrons. The first-order chi connectivity index (χ1) is 10.9. The number of nitrogens with zero attached hydrogens (tertiary/aromatic N) is 1. The number of aryl methyl sites for hydroxylation is 2. The van der Waals surface area contributed by atoms with E-state index in [0.29, 0.717) is 0 Å². The van der Waals surface area contributed by atoms with Crippen LogP contribution in [0.5, 0.6) is 0 Å². The monoisotopic (exact) mass is 314 g/mol. The second kappa shape index (κ2) is 7.27. The Morgan fingerprint density at radius 1 is 1.17 bits per heavy atom. The number of halogens is 1. The largest absolute Gasteiger partial charge is 0.376 e. The molecule has 3 nitrogen and oxygen atoms in total. The van der Waals surface area contributed by atoms with E-state index in [1.54, 1.807) is 24.1 Å². The van der Waals surface area contributed by atoms with Gasteiger partial charge in [-0.3, -0.25) is 4.79 Å². The molecule has 122 valence electrons. The number of nitrogens with one attached hydrogen (secondary N) is 1. The van der Waals surface area contributed by atoms with Crippen LogP contribution >= 0.6 is 0 Å². The number of anilines is 1. The van der Waals surface area contributed by atoms with Gasteiger partial charge in [0.1, 0.15) is 5.82 Å². The zero-order valence-electron chi connectivity index (χ0n) is 14.1. The number of hydrogen-bond donors (Lipinski definition) is 1. The fraction of sp³-hybridized carbons (Fsp3) is 0.316. The van der Waals surface area contributed by atoms with Gasteiger partial charge in [-0.15, -0.1) is 0 Å². The summed E-state index contributed by atoms with van der Waals surface area (Å²) in [6.07, 6.45) is 0. The highest BCUT2D eigenvalue weighted by Crippen LogP contribution is 2.20. The number of carbonyl (C=O) groups excluding carboxylic acids is 1. The standard InChI is InChI=1S/C19H23FN2O/c1-13-5-10-18(14(2)11-13)21-12-19(23)22(4)15(3)16-6-8-17(20)9-7-16/h5-11,15,21H,12H2,1-4H3. The average molecular weight is 314 g/mol. The average Bonchev–Trinajstić information content (AvgIpc) is 2.53. The van der Waals surface area contributed by atoms with Crippen LogP contribution in [0.15, 0.2) is 42.5 Å². The van der Waals surface area contributed by atoms with Gasteiger partial charge >= 0.3 is 0 Å². The predicted octanol–water partition coefficient (Wildman–Crippen LogP) is 4.07. The zero-order valence-corrected chi connectivity index (χ0v) is 14.1. The van der Waals surface area contributed by atoms with Crippen LogP contribution in [0.3, 0.4) is 0 Å². The molecule has 0 fully saturated rings. The lowest BCUT2D eigenvalue weighted by atomic mass is 10.1. The molecule has 1 amide bonds. The Morgan fingerprint density at radius 3 is 2.43 bits per heavy atom. The van der Waals surface area contributed by atoms with Gasteiger partial charge in [-0.2, -0.15) is 0 Å². The topological polar surface area (TPSA) is 32.3 Å². The molecule has 1 N–H and O–H groups in total. The third-order valence-electron chi connectivity index (χ3n) is 4.14. The number of amides is 1. The van der Waals surface area contributed by atoms with Crippen LogP contribution in [0.4, 0.5) is 10.1 Å². The molecular formula is C19H23FN2O.